The number of methoxy groups -OCH3 is 1. The first-order valence-electron chi connectivity index (χ1n) is 12.7. The fraction of sp³-hybridized carbons (Fsp3) is 0.156. The van der Waals surface area contributed by atoms with Crippen LogP contribution in [0.1, 0.15) is 35.2 Å². The Morgan fingerprint density at radius 3 is 2.46 bits per heavy atom. The molecule has 1 unspecified atom stereocenters. The van der Waals surface area contributed by atoms with E-state index in [9.17, 15) is 9.59 Å². The first-order valence-corrected chi connectivity index (χ1v) is 13.6. The SMILES string of the molecule is COC(=O)C1=C(C)N=c2sc(=Cc3cn(Cc4ccc(C)cc4)c4ccccc34)c(=O)n2C1c1ccccc1. The van der Waals surface area contributed by atoms with Crippen LogP contribution in [0.3, 0.4) is 0 Å². The Kier molecular flexibility index (Phi) is 6.37. The van der Waals surface area contributed by atoms with Crippen LogP contribution in [-0.4, -0.2) is 22.2 Å². The van der Waals surface area contributed by atoms with E-state index in [-0.39, 0.29) is 5.56 Å². The molecular formula is C32H27N3O3S. The smallest absolute Gasteiger partial charge is 0.338 e. The molecule has 1 aliphatic rings. The van der Waals surface area contributed by atoms with Crippen LogP contribution in [0.2, 0.25) is 0 Å². The minimum absolute atomic E-state index is 0.183. The summed E-state index contributed by atoms with van der Waals surface area (Å²) in [4.78, 5) is 32.0. The second-order valence-corrected chi connectivity index (χ2v) is 10.7. The number of hydrogen-bond acceptors (Lipinski definition) is 5. The number of carbonyl (C=O) groups excluding carboxylic acids is 1. The number of aryl methyl sites for hydroxylation is 1. The normalized spacial score (nSPS) is 15.4. The fourth-order valence-corrected chi connectivity index (χ4v) is 6.23. The first kappa shape index (κ1) is 24.8. The highest BCUT2D eigenvalue weighted by atomic mass is 32.1. The molecule has 39 heavy (non-hydrogen) atoms. The summed E-state index contributed by atoms with van der Waals surface area (Å²) in [5, 5.41) is 1.07. The highest BCUT2D eigenvalue weighted by Gasteiger charge is 2.32. The van der Waals surface area contributed by atoms with Crippen molar-refractivity contribution in [2.75, 3.05) is 7.11 Å². The van der Waals surface area contributed by atoms with Gasteiger partial charge < -0.3 is 9.30 Å². The predicted molar refractivity (Wildman–Crippen MR) is 154 cm³/mol. The average molecular weight is 534 g/mol. The second-order valence-electron chi connectivity index (χ2n) is 9.70. The van der Waals surface area contributed by atoms with Gasteiger partial charge in [-0.2, -0.15) is 0 Å². The molecule has 0 saturated carbocycles. The topological polar surface area (TPSA) is 65.6 Å². The van der Waals surface area contributed by atoms with Crippen LogP contribution in [0.5, 0.6) is 0 Å². The van der Waals surface area contributed by atoms with Gasteiger partial charge in [0.15, 0.2) is 4.80 Å². The van der Waals surface area contributed by atoms with Crippen LogP contribution in [0.25, 0.3) is 17.0 Å². The van der Waals surface area contributed by atoms with Crippen LogP contribution in [0.4, 0.5) is 0 Å². The van der Waals surface area contributed by atoms with E-state index < -0.39 is 12.0 Å². The van der Waals surface area contributed by atoms with E-state index in [0.717, 1.165) is 28.6 Å². The number of benzene rings is 3. The van der Waals surface area contributed by atoms with Crippen molar-refractivity contribution < 1.29 is 9.53 Å². The van der Waals surface area contributed by atoms with Crippen molar-refractivity contribution in [3.8, 4) is 0 Å². The lowest BCUT2D eigenvalue weighted by Crippen LogP contribution is -2.39. The van der Waals surface area contributed by atoms with Crippen molar-refractivity contribution in [1.29, 1.82) is 0 Å². The van der Waals surface area contributed by atoms with Crippen LogP contribution in [0, 0.1) is 6.92 Å². The van der Waals surface area contributed by atoms with Gasteiger partial charge in [0.1, 0.15) is 0 Å². The van der Waals surface area contributed by atoms with Gasteiger partial charge in [-0.3, -0.25) is 9.36 Å². The zero-order valence-corrected chi connectivity index (χ0v) is 22.7. The number of ether oxygens (including phenoxy) is 1. The highest BCUT2D eigenvalue weighted by Crippen LogP contribution is 2.30. The summed E-state index contributed by atoms with van der Waals surface area (Å²) in [5.74, 6) is -0.487. The molecule has 6 rings (SSSR count). The van der Waals surface area contributed by atoms with Crippen LogP contribution >= 0.6 is 11.3 Å². The monoisotopic (exact) mass is 533 g/mol. The lowest BCUT2D eigenvalue weighted by atomic mass is 9.96. The van der Waals surface area contributed by atoms with E-state index in [4.69, 9.17) is 4.74 Å². The molecule has 0 saturated heterocycles. The molecular weight excluding hydrogens is 506 g/mol. The van der Waals surface area contributed by atoms with Gasteiger partial charge in [0, 0.05) is 29.2 Å². The maximum absolute atomic E-state index is 13.9. The molecule has 0 N–H and O–H groups in total. The Morgan fingerprint density at radius 1 is 1.00 bits per heavy atom. The Hall–Kier alpha value is -4.49. The summed E-state index contributed by atoms with van der Waals surface area (Å²) >= 11 is 1.34. The van der Waals surface area contributed by atoms with E-state index >= 15 is 0 Å². The van der Waals surface area contributed by atoms with Crippen molar-refractivity contribution in [3.63, 3.8) is 0 Å². The molecule has 6 nitrogen and oxygen atoms in total. The molecule has 1 aliphatic heterocycles. The van der Waals surface area contributed by atoms with Gasteiger partial charge in [0.05, 0.1) is 29.0 Å². The Morgan fingerprint density at radius 2 is 1.72 bits per heavy atom. The van der Waals surface area contributed by atoms with Crippen LogP contribution < -0.4 is 14.9 Å². The number of para-hydroxylation sites is 1. The lowest BCUT2D eigenvalue weighted by molar-refractivity contribution is -0.136. The third kappa shape index (κ3) is 4.45. The number of hydrogen-bond donors (Lipinski definition) is 0. The standard InChI is InChI=1S/C32H27N3O3S/c1-20-13-15-22(16-14-20)18-34-19-24(25-11-7-8-12-26(25)34)17-27-30(36)35-29(23-9-5-4-6-10-23)28(31(37)38-3)21(2)33-32(35)39-27/h4-17,19,29H,18H2,1-3H3. The summed E-state index contributed by atoms with van der Waals surface area (Å²) in [5.41, 5.74) is 6.07. The van der Waals surface area contributed by atoms with Crippen molar-refractivity contribution in [2.45, 2.75) is 26.4 Å². The third-order valence-corrected chi connectivity index (χ3v) is 8.10. The van der Waals surface area contributed by atoms with Crippen molar-refractivity contribution in [2.24, 2.45) is 4.99 Å². The number of fused-ring (bicyclic) bond motifs is 2. The Balaban J connectivity index is 1.51. The number of nitrogens with zero attached hydrogens (tertiary/aromatic N) is 3. The van der Waals surface area contributed by atoms with E-state index in [1.165, 1.54) is 29.6 Å². The number of esters is 1. The third-order valence-electron chi connectivity index (χ3n) is 7.12. The van der Waals surface area contributed by atoms with Crippen LogP contribution in [-0.2, 0) is 16.1 Å². The molecule has 3 heterocycles. The predicted octanol–water partition coefficient (Wildman–Crippen LogP) is 4.72. The summed E-state index contributed by atoms with van der Waals surface area (Å²) in [6.07, 6.45) is 4.04. The maximum atomic E-state index is 13.9. The molecule has 7 heteroatoms. The lowest BCUT2D eigenvalue weighted by Gasteiger charge is -2.24. The van der Waals surface area contributed by atoms with E-state index in [0.29, 0.717) is 20.6 Å². The number of carbonyl (C=O) groups is 1. The molecule has 2 aromatic heterocycles. The molecule has 0 bridgehead atoms. The molecule has 0 spiro atoms. The molecule has 0 aliphatic carbocycles. The highest BCUT2D eigenvalue weighted by molar-refractivity contribution is 7.07. The number of rotatable bonds is 5. The van der Waals surface area contributed by atoms with Crippen molar-refractivity contribution >= 4 is 34.3 Å². The van der Waals surface area contributed by atoms with Crippen molar-refractivity contribution in [3.05, 3.63) is 138 Å². The van der Waals surface area contributed by atoms with Gasteiger partial charge >= 0.3 is 5.97 Å². The number of thiazole rings is 1. The van der Waals surface area contributed by atoms with E-state index in [2.05, 4.69) is 59.1 Å². The summed E-state index contributed by atoms with van der Waals surface area (Å²) in [6.45, 7) is 4.60. The minimum atomic E-state index is -0.611. The largest absolute Gasteiger partial charge is 0.466 e. The van der Waals surface area contributed by atoms with Gasteiger partial charge in [-0.25, -0.2) is 9.79 Å². The Labute approximate surface area is 229 Å². The van der Waals surface area contributed by atoms with Gasteiger partial charge in [-0.1, -0.05) is 89.7 Å². The first-order chi connectivity index (χ1) is 18.9. The maximum Gasteiger partial charge on any atom is 0.338 e. The fourth-order valence-electron chi connectivity index (χ4n) is 5.20. The van der Waals surface area contributed by atoms with Gasteiger partial charge in [0.25, 0.3) is 5.56 Å². The summed E-state index contributed by atoms with van der Waals surface area (Å²) < 4.78 is 9.50. The molecule has 194 valence electrons. The van der Waals surface area contributed by atoms with Gasteiger partial charge in [-0.05, 0) is 37.1 Å². The molecule has 1 atom stereocenters. The summed E-state index contributed by atoms with van der Waals surface area (Å²) in [7, 11) is 1.35. The quantitative estimate of drug-likeness (QED) is 0.307. The average Bonchev–Trinajstić information content (AvgIpc) is 3.45. The molecule has 0 amide bonds. The van der Waals surface area contributed by atoms with Gasteiger partial charge in [0.2, 0.25) is 0 Å². The Bertz CT molecular complexity index is 1930. The summed E-state index contributed by atoms with van der Waals surface area (Å²) in [6, 6.07) is 25.7. The zero-order valence-electron chi connectivity index (χ0n) is 21.9. The van der Waals surface area contributed by atoms with Gasteiger partial charge in [-0.15, -0.1) is 0 Å². The van der Waals surface area contributed by atoms with Crippen molar-refractivity contribution in [1.82, 2.24) is 9.13 Å². The molecule has 3 aromatic carbocycles. The molecule has 5 aromatic rings. The zero-order chi connectivity index (χ0) is 27.1. The van der Waals surface area contributed by atoms with E-state index in [1.54, 1.807) is 11.5 Å². The molecule has 0 radical (unpaired) electrons. The number of allylic oxidation sites excluding steroid dienone is 1. The number of aromatic nitrogens is 2. The van der Waals surface area contributed by atoms with Crippen LogP contribution in [0.15, 0.2) is 106 Å². The molecule has 0 fully saturated rings. The van der Waals surface area contributed by atoms with E-state index in [1.807, 2.05) is 48.5 Å². The second kappa shape index (κ2) is 10.0. The minimum Gasteiger partial charge on any atom is -0.466 e.